The Kier molecular flexibility index (Phi) is 2.02. The molecule has 0 amide bonds. The van der Waals surface area contributed by atoms with Crippen molar-refractivity contribution in [3.05, 3.63) is 34.6 Å². The average molecular weight is 213 g/mol. The van der Waals surface area contributed by atoms with Crippen LogP contribution in [0.1, 0.15) is 0 Å². The predicted molar refractivity (Wildman–Crippen MR) is 56.2 cm³/mol. The van der Waals surface area contributed by atoms with E-state index in [1.165, 1.54) is 6.20 Å². The van der Waals surface area contributed by atoms with E-state index in [1.807, 2.05) is 12.1 Å². The van der Waals surface area contributed by atoms with Crippen molar-refractivity contribution in [3.8, 4) is 0 Å². The van der Waals surface area contributed by atoms with Crippen molar-refractivity contribution >= 4 is 39.7 Å². The van der Waals surface area contributed by atoms with Gasteiger partial charge >= 0.3 is 0 Å². The second-order valence-corrected chi connectivity index (χ2v) is 3.43. The quantitative estimate of drug-likeness (QED) is 0.682. The zero-order valence-corrected chi connectivity index (χ0v) is 8.10. The predicted octanol–water partition coefficient (Wildman–Crippen LogP) is 3.12. The summed E-state index contributed by atoms with van der Waals surface area (Å²) >= 11 is 11.8. The van der Waals surface area contributed by atoms with Crippen LogP contribution in [0.4, 0.5) is 5.69 Å². The fraction of sp³-hybridized carbons (Fsp3) is 0. The molecule has 0 fully saturated rings. The summed E-state index contributed by atoms with van der Waals surface area (Å²) in [6.45, 7) is 0. The van der Waals surface area contributed by atoms with Gasteiger partial charge in [0.25, 0.3) is 0 Å². The summed E-state index contributed by atoms with van der Waals surface area (Å²) in [4.78, 5) is 3.93. The summed E-state index contributed by atoms with van der Waals surface area (Å²) < 4.78 is 0. The SMILES string of the molecule is Nc1cnc(Cl)c2cccc(Cl)c12. The Balaban J connectivity index is 3.00. The number of anilines is 1. The molecule has 2 rings (SSSR count). The fourth-order valence-electron chi connectivity index (χ4n) is 1.25. The standard InChI is InChI=1S/C9H6Cl2N2/c10-6-3-1-2-5-8(6)7(12)4-13-9(5)11/h1-4H,12H2. The van der Waals surface area contributed by atoms with E-state index in [1.54, 1.807) is 6.07 Å². The van der Waals surface area contributed by atoms with E-state index in [0.717, 1.165) is 10.8 Å². The lowest BCUT2D eigenvalue weighted by Crippen LogP contribution is -1.90. The molecule has 1 aromatic heterocycles. The number of nitrogens with zero attached hydrogens (tertiary/aromatic N) is 1. The number of fused-ring (bicyclic) bond motifs is 1. The molecule has 0 unspecified atom stereocenters. The number of rotatable bonds is 0. The second kappa shape index (κ2) is 3.05. The first-order valence-electron chi connectivity index (χ1n) is 3.68. The molecule has 1 heterocycles. The number of hydrogen-bond acceptors (Lipinski definition) is 2. The highest BCUT2D eigenvalue weighted by molar-refractivity contribution is 6.40. The van der Waals surface area contributed by atoms with Crippen LogP contribution in [0.2, 0.25) is 10.2 Å². The van der Waals surface area contributed by atoms with Gasteiger partial charge < -0.3 is 5.73 Å². The Hall–Kier alpha value is -0.990. The van der Waals surface area contributed by atoms with Crippen molar-refractivity contribution in [2.45, 2.75) is 0 Å². The topological polar surface area (TPSA) is 38.9 Å². The Morgan fingerprint density at radius 1 is 1.23 bits per heavy atom. The Morgan fingerprint density at radius 3 is 2.69 bits per heavy atom. The first kappa shape index (κ1) is 8.60. The molecule has 66 valence electrons. The summed E-state index contributed by atoms with van der Waals surface area (Å²) in [6, 6.07) is 5.43. The van der Waals surface area contributed by atoms with Gasteiger partial charge in [-0.25, -0.2) is 4.98 Å². The first-order valence-corrected chi connectivity index (χ1v) is 4.44. The Bertz CT molecular complexity index is 460. The highest BCUT2D eigenvalue weighted by atomic mass is 35.5. The van der Waals surface area contributed by atoms with Crippen LogP contribution >= 0.6 is 23.2 Å². The van der Waals surface area contributed by atoms with Gasteiger partial charge in [0, 0.05) is 10.8 Å². The normalized spacial score (nSPS) is 10.6. The molecule has 0 saturated carbocycles. The van der Waals surface area contributed by atoms with Crippen molar-refractivity contribution in [2.75, 3.05) is 5.73 Å². The maximum atomic E-state index is 5.97. The van der Waals surface area contributed by atoms with Crippen LogP contribution in [-0.2, 0) is 0 Å². The molecule has 13 heavy (non-hydrogen) atoms. The van der Waals surface area contributed by atoms with E-state index in [4.69, 9.17) is 28.9 Å². The van der Waals surface area contributed by atoms with Crippen LogP contribution in [0.5, 0.6) is 0 Å². The van der Waals surface area contributed by atoms with Crippen molar-refractivity contribution in [2.24, 2.45) is 0 Å². The van der Waals surface area contributed by atoms with Gasteiger partial charge in [0.05, 0.1) is 16.9 Å². The summed E-state index contributed by atoms with van der Waals surface area (Å²) in [6.07, 6.45) is 1.51. The molecule has 0 atom stereocenters. The molecule has 0 aliphatic rings. The van der Waals surface area contributed by atoms with Crippen LogP contribution in [0.15, 0.2) is 24.4 Å². The minimum absolute atomic E-state index is 0.423. The number of aromatic nitrogens is 1. The van der Waals surface area contributed by atoms with Crippen molar-refractivity contribution in [1.29, 1.82) is 0 Å². The van der Waals surface area contributed by atoms with Crippen LogP contribution in [-0.4, -0.2) is 4.98 Å². The summed E-state index contributed by atoms with van der Waals surface area (Å²) in [5.74, 6) is 0. The van der Waals surface area contributed by atoms with Gasteiger partial charge in [0.1, 0.15) is 5.15 Å². The van der Waals surface area contributed by atoms with Crippen molar-refractivity contribution < 1.29 is 0 Å². The lowest BCUT2D eigenvalue weighted by atomic mass is 10.1. The van der Waals surface area contributed by atoms with Gasteiger partial charge in [-0.15, -0.1) is 0 Å². The molecule has 2 aromatic rings. The first-order chi connectivity index (χ1) is 6.20. The van der Waals surface area contributed by atoms with Gasteiger partial charge in [0.15, 0.2) is 0 Å². The second-order valence-electron chi connectivity index (χ2n) is 2.67. The maximum absolute atomic E-state index is 5.97. The van der Waals surface area contributed by atoms with Gasteiger partial charge in [0.2, 0.25) is 0 Å². The monoisotopic (exact) mass is 212 g/mol. The lowest BCUT2D eigenvalue weighted by molar-refractivity contribution is 1.36. The van der Waals surface area contributed by atoms with E-state index < -0.39 is 0 Å². The van der Waals surface area contributed by atoms with Crippen molar-refractivity contribution in [1.82, 2.24) is 4.98 Å². The number of benzene rings is 1. The zero-order chi connectivity index (χ0) is 9.42. The van der Waals surface area contributed by atoms with E-state index in [9.17, 15) is 0 Å². The van der Waals surface area contributed by atoms with E-state index in [0.29, 0.717) is 15.9 Å². The molecule has 2 nitrogen and oxygen atoms in total. The van der Waals surface area contributed by atoms with Crippen LogP contribution < -0.4 is 5.73 Å². The minimum atomic E-state index is 0.423. The molecular formula is C9H6Cl2N2. The molecule has 0 bridgehead atoms. The van der Waals surface area contributed by atoms with E-state index in [2.05, 4.69) is 4.98 Å². The molecule has 0 radical (unpaired) electrons. The minimum Gasteiger partial charge on any atom is -0.397 e. The molecule has 4 heteroatoms. The van der Waals surface area contributed by atoms with Crippen molar-refractivity contribution in [3.63, 3.8) is 0 Å². The van der Waals surface area contributed by atoms with Crippen LogP contribution in [0.3, 0.4) is 0 Å². The average Bonchev–Trinajstić information content (AvgIpc) is 2.12. The van der Waals surface area contributed by atoms with Crippen LogP contribution in [0, 0.1) is 0 Å². The van der Waals surface area contributed by atoms with E-state index in [-0.39, 0.29) is 0 Å². The number of pyridine rings is 1. The molecular weight excluding hydrogens is 207 g/mol. The molecule has 1 aromatic carbocycles. The van der Waals surface area contributed by atoms with Gasteiger partial charge in [-0.05, 0) is 6.07 Å². The molecule has 2 N–H and O–H groups in total. The Labute approximate surface area is 85.3 Å². The molecule has 0 spiro atoms. The number of hydrogen-bond donors (Lipinski definition) is 1. The summed E-state index contributed by atoms with van der Waals surface area (Å²) in [5, 5.41) is 2.57. The third-order valence-corrected chi connectivity index (χ3v) is 2.46. The maximum Gasteiger partial charge on any atom is 0.137 e. The van der Waals surface area contributed by atoms with Gasteiger partial charge in [-0.2, -0.15) is 0 Å². The molecule has 0 aliphatic heterocycles. The number of halogens is 2. The third-order valence-electron chi connectivity index (χ3n) is 1.84. The van der Waals surface area contributed by atoms with E-state index >= 15 is 0 Å². The summed E-state index contributed by atoms with van der Waals surface area (Å²) in [7, 11) is 0. The van der Waals surface area contributed by atoms with Crippen LogP contribution in [0.25, 0.3) is 10.8 Å². The zero-order valence-electron chi connectivity index (χ0n) is 6.59. The fourth-order valence-corrected chi connectivity index (χ4v) is 1.74. The highest BCUT2D eigenvalue weighted by Crippen LogP contribution is 2.31. The third kappa shape index (κ3) is 1.32. The molecule has 0 saturated heterocycles. The largest absolute Gasteiger partial charge is 0.397 e. The Morgan fingerprint density at radius 2 is 2.00 bits per heavy atom. The lowest BCUT2D eigenvalue weighted by Gasteiger charge is -2.04. The van der Waals surface area contributed by atoms with Gasteiger partial charge in [-0.1, -0.05) is 35.3 Å². The number of nitrogen functional groups attached to an aromatic ring is 1. The van der Waals surface area contributed by atoms with Gasteiger partial charge in [-0.3, -0.25) is 0 Å². The molecule has 0 aliphatic carbocycles. The number of nitrogens with two attached hydrogens (primary N) is 1. The summed E-state index contributed by atoms with van der Waals surface area (Å²) in [5.41, 5.74) is 6.27. The smallest absolute Gasteiger partial charge is 0.137 e. The highest BCUT2D eigenvalue weighted by Gasteiger charge is 2.06.